The van der Waals surface area contributed by atoms with Crippen LogP contribution in [0.2, 0.25) is 5.02 Å². The maximum atomic E-state index is 11.9. The topological polar surface area (TPSA) is 102 Å². The molecule has 0 aliphatic heterocycles. The third-order valence-corrected chi connectivity index (χ3v) is 2.94. The molecule has 2 N–H and O–H groups in total. The summed E-state index contributed by atoms with van der Waals surface area (Å²) < 4.78 is 9.81. The van der Waals surface area contributed by atoms with E-state index in [0.717, 1.165) is 0 Å². The lowest BCUT2D eigenvalue weighted by molar-refractivity contribution is -0.123. The largest absolute Gasteiger partial charge is 0.507 e. The fourth-order valence-corrected chi connectivity index (χ4v) is 1.77. The molecule has 22 heavy (non-hydrogen) atoms. The zero-order chi connectivity index (χ0) is 16.3. The van der Waals surface area contributed by atoms with E-state index in [1.165, 1.54) is 31.2 Å². The molecule has 7 nitrogen and oxygen atoms in total. The van der Waals surface area contributed by atoms with Gasteiger partial charge in [0.05, 0.1) is 5.69 Å². The highest BCUT2D eigenvalue weighted by Crippen LogP contribution is 2.23. The van der Waals surface area contributed by atoms with Crippen LogP contribution in [0.1, 0.15) is 23.0 Å². The number of amides is 1. The first-order valence-electron chi connectivity index (χ1n) is 6.30. The number of carbonyl (C=O) groups is 2. The number of phenolic OH excluding ortho intramolecular Hbond substituents is 1. The van der Waals surface area contributed by atoms with E-state index in [2.05, 4.69) is 10.5 Å². The lowest BCUT2D eigenvalue weighted by atomic mass is 10.2. The summed E-state index contributed by atoms with van der Waals surface area (Å²) in [5, 5.41) is 15.9. The van der Waals surface area contributed by atoms with Crippen LogP contribution in [-0.4, -0.2) is 28.2 Å². The van der Waals surface area contributed by atoms with Crippen LogP contribution < -0.4 is 5.32 Å². The van der Waals surface area contributed by atoms with Crippen LogP contribution in [0.4, 0.5) is 5.88 Å². The average Bonchev–Trinajstić information content (AvgIpc) is 2.83. The first-order chi connectivity index (χ1) is 10.4. The van der Waals surface area contributed by atoms with Gasteiger partial charge in [-0.15, -0.1) is 0 Å². The molecule has 1 aromatic heterocycles. The molecule has 0 aliphatic carbocycles. The highest BCUT2D eigenvalue weighted by Gasteiger charge is 2.22. The van der Waals surface area contributed by atoms with Crippen molar-refractivity contribution in [3.8, 4) is 5.75 Å². The predicted octanol–water partition coefficient (Wildman–Crippen LogP) is 2.53. The monoisotopic (exact) mass is 324 g/mol. The summed E-state index contributed by atoms with van der Waals surface area (Å²) in [7, 11) is 0. The second-order valence-corrected chi connectivity index (χ2v) is 4.97. The normalized spacial score (nSPS) is 11.8. The van der Waals surface area contributed by atoms with Crippen molar-refractivity contribution in [3.63, 3.8) is 0 Å². The van der Waals surface area contributed by atoms with E-state index >= 15 is 0 Å². The standard InChI is InChI=1S/C14H13ClN2O5/c1-7-5-12(22-17-7)16-13(19)8(2)21-14(20)10-4-3-9(15)6-11(10)18/h3-6,8,18H,1-2H3,(H,16,19). The molecule has 0 radical (unpaired) electrons. The predicted molar refractivity (Wildman–Crippen MR) is 77.9 cm³/mol. The Bertz CT molecular complexity index is 713. The number of phenols is 1. The quantitative estimate of drug-likeness (QED) is 0.838. The van der Waals surface area contributed by atoms with Crippen LogP contribution in [0.3, 0.4) is 0 Å². The van der Waals surface area contributed by atoms with Gasteiger partial charge in [-0.3, -0.25) is 10.1 Å². The average molecular weight is 325 g/mol. The molecular weight excluding hydrogens is 312 g/mol. The molecule has 1 heterocycles. The molecule has 1 aromatic carbocycles. The van der Waals surface area contributed by atoms with E-state index in [9.17, 15) is 14.7 Å². The van der Waals surface area contributed by atoms with E-state index in [4.69, 9.17) is 20.9 Å². The zero-order valence-electron chi connectivity index (χ0n) is 11.8. The number of aryl methyl sites for hydroxylation is 1. The summed E-state index contributed by atoms with van der Waals surface area (Å²) in [5.74, 6) is -1.60. The number of esters is 1. The number of rotatable bonds is 4. The fraction of sp³-hybridized carbons (Fsp3) is 0.214. The minimum absolute atomic E-state index is 0.0837. The van der Waals surface area contributed by atoms with Crippen molar-refractivity contribution in [2.45, 2.75) is 20.0 Å². The van der Waals surface area contributed by atoms with Gasteiger partial charge in [0.15, 0.2) is 6.10 Å². The van der Waals surface area contributed by atoms with E-state index in [-0.39, 0.29) is 22.2 Å². The highest BCUT2D eigenvalue weighted by atomic mass is 35.5. The molecular formula is C14H13ClN2O5. The molecule has 1 atom stereocenters. The summed E-state index contributed by atoms with van der Waals surface area (Å²) >= 11 is 5.68. The SMILES string of the molecule is Cc1cc(NC(=O)C(C)OC(=O)c2ccc(Cl)cc2O)on1. The maximum Gasteiger partial charge on any atom is 0.342 e. The summed E-state index contributed by atoms with van der Waals surface area (Å²) in [5.41, 5.74) is 0.519. The second kappa shape index (κ2) is 6.48. The van der Waals surface area contributed by atoms with Gasteiger partial charge in [-0.25, -0.2) is 4.79 Å². The van der Waals surface area contributed by atoms with Gasteiger partial charge in [-0.2, -0.15) is 0 Å². The Morgan fingerprint density at radius 1 is 1.41 bits per heavy atom. The zero-order valence-corrected chi connectivity index (χ0v) is 12.5. The molecule has 1 unspecified atom stereocenters. The number of aromatic nitrogens is 1. The van der Waals surface area contributed by atoms with Crippen LogP contribution >= 0.6 is 11.6 Å². The molecule has 2 aromatic rings. The lowest BCUT2D eigenvalue weighted by Gasteiger charge is -2.12. The Labute approximate surface area is 130 Å². The van der Waals surface area contributed by atoms with E-state index < -0.39 is 18.0 Å². The summed E-state index contributed by atoms with van der Waals surface area (Å²) in [6.45, 7) is 3.09. The number of ether oxygens (including phenoxy) is 1. The number of hydrogen-bond acceptors (Lipinski definition) is 6. The molecule has 8 heteroatoms. The first-order valence-corrected chi connectivity index (χ1v) is 6.68. The van der Waals surface area contributed by atoms with E-state index in [0.29, 0.717) is 5.69 Å². The third kappa shape index (κ3) is 3.76. The number of nitrogens with one attached hydrogen (secondary N) is 1. The van der Waals surface area contributed by atoms with Crippen molar-refractivity contribution < 1.29 is 24.0 Å². The number of carbonyl (C=O) groups excluding carboxylic acids is 2. The maximum absolute atomic E-state index is 11.9. The van der Waals surface area contributed by atoms with Gasteiger partial charge in [0.25, 0.3) is 5.91 Å². The van der Waals surface area contributed by atoms with E-state index in [1.54, 1.807) is 6.92 Å². The van der Waals surface area contributed by atoms with Crippen LogP contribution in [0.5, 0.6) is 5.75 Å². The summed E-state index contributed by atoms with van der Waals surface area (Å²) in [6, 6.07) is 5.47. The number of nitrogens with zero attached hydrogens (tertiary/aromatic N) is 1. The molecule has 0 fully saturated rings. The number of anilines is 1. The minimum atomic E-state index is -1.09. The van der Waals surface area contributed by atoms with Gasteiger partial charge in [0, 0.05) is 11.1 Å². The smallest absolute Gasteiger partial charge is 0.342 e. The van der Waals surface area contributed by atoms with Crippen LogP contribution in [0.15, 0.2) is 28.8 Å². The van der Waals surface area contributed by atoms with Crippen molar-refractivity contribution in [1.82, 2.24) is 5.16 Å². The highest BCUT2D eigenvalue weighted by molar-refractivity contribution is 6.30. The Kier molecular flexibility index (Phi) is 4.67. The molecule has 0 saturated carbocycles. The van der Waals surface area contributed by atoms with Crippen LogP contribution in [0.25, 0.3) is 0 Å². The molecule has 2 rings (SSSR count). The lowest BCUT2D eigenvalue weighted by Crippen LogP contribution is -2.29. The van der Waals surface area contributed by atoms with E-state index in [1.807, 2.05) is 0 Å². The first kappa shape index (κ1) is 15.8. The van der Waals surface area contributed by atoms with Gasteiger partial charge >= 0.3 is 5.97 Å². The minimum Gasteiger partial charge on any atom is -0.507 e. The van der Waals surface area contributed by atoms with Crippen molar-refractivity contribution in [1.29, 1.82) is 0 Å². The number of halogens is 1. The van der Waals surface area contributed by atoms with Crippen molar-refractivity contribution in [2.75, 3.05) is 5.32 Å². The molecule has 0 bridgehead atoms. The van der Waals surface area contributed by atoms with Crippen molar-refractivity contribution >= 4 is 29.4 Å². The molecule has 0 spiro atoms. The van der Waals surface area contributed by atoms with Gasteiger partial charge in [0.2, 0.25) is 5.88 Å². The molecule has 0 aliphatic rings. The molecule has 116 valence electrons. The second-order valence-electron chi connectivity index (χ2n) is 4.53. The Hall–Kier alpha value is -2.54. The van der Waals surface area contributed by atoms with Gasteiger partial charge in [-0.05, 0) is 32.0 Å². The van der Waals surface area contributed by atoms with Crippen molar-refractivity contribution in [2.24, 2.45) is 0 Å². The number of hydrogen-bond donors (Lipinski definition) is 2. The van der Waals surface area contributed by atoms with Crippen LogP contribution in [0, 0.1) is 6.92 Å². The van der Waals surface area contributed by atoms with Gasteiger partial charge < -0.3 is 14.4 Å². The molecule has 1 amide bonds. The number of aromatic hydroxyl groups is 1. The van der Waals surface area contributed by atoms with Gasteiger partial charge in [-0.1, -0.05) is 16.8 Å². The summed E-state index contributed by atoms with van der Waals surface area (Å²) in [6.07, 6.45) is -1.09. The Morgan fingerprint density at radius 3 is 2.73 bits per heavy atom. The van der Waals surface area contributed by atoms with Crippen molar-refractivity contribution in [3.05, 3.63) is 40.5 Å². The third-order valence-electron chi connectivity index (χ3n) is 2.71. The van der Waals surface area contributed by atoms with Gasteiger partial charge in [0.1, 0.15) is 11.3 Å². The van der Waals surface area contributed by atoms with Crippen LogP contribution in [-0.2, 0) is 9.53 Å². The number of benzene rings is 1. The Morgan fingerprint density at radius 2 is 2.14 bits per heavy atom. The fourth-order valence-electron chi connectivity index (χ4n) is 1.60. The molecule has 0 saturated heterocycles. The Balaban J connectivity index is 1.99. The summed E-state index contributed by atoms with van der Waals surface area (Å²) in [4.78, 5) is 23.8.